The third-order valence-corrected chi connectivity index (χ3v) is 4.34. The Morgan fingerprint density at radius 2 is 1.71 bits per heavy atom. The Morgan fingerprint density at radius 1 is 1.14 bits per heavy atom. The predicted molar refractivity (Wildman–Crippen MR) is 87.9 cm³/mol. The number of nitrogens with one attached hydrogen (secondary N) is 1. The summed E-state index contributed by atoms with van der Waals surface area (Å²) in [6, 6.07) is 9.39. The number of rotatable bonds is 3. The largest absolute Gasteiger partial charge is 0.320 e. The number of nitrogens with zero attached hydrogens (tertiary/aromatic N) is 1. The zero-order valence-electron chi connectivity index (χ0n) is 10.3. The summed E-state index contributed by atoms with van der Waals surface area (Å²) >= 11 is 12.6. The molecule has 0 spiro atoms. The maximum atomic E-state index is 12.3. The van der Waals surface area contributed by atoms with E-state index in [-0.39, 0.29) is 16.3 Å². The van der Waals surface area contributed by atoms with Gasteiger partial charge in [-0.1, -0.05) is 23.7 Å². The molecule has 2 rings (SSSR count). The van der Waals surface area contributed by atoms with Crippen LogP contribution in [0.1, 0.15) is 10.4 Å². The van der Waals surface area contributed by atoms with Crippen molar-refractivity contribution in [2.75, 3.05) is 5.32 Å². The first kappa shape index (κ1) is 15.9. The Labute approximate surface area is 141 Å². The minimum atomic E-state index is -0.631. The van der Waals surface area contributed by atoms with Crippen LogP contribution in [0.3, 0.4) is 0 Å². The summed E-state index contributed by atoms with van der Waals surface area (Å²) < 4.78 is 1.35. The fourth-order valence-corrected chi connectivity index (χ4v) is 3.11. The number of carbonyl (C=O) groups excluding carboxylic acids is 1. The molecule has 21 heavy (non-hydrogen) atoms. The molecule has 0 fully saturated rings. The van der Waals surface area contributed by atoms with Gasteiger partial charge in [-0.2, -0.15) is 0 Å². The molecule has 8 heteroatoms. The molecule has 1 amide bonds. The highest BCUT2D eigenvalue weighted by molar-refractivity contribution is 9.11. The minimum Gasteiger partial charge on any atom is -0.320 e. The Bertz CT molecular complexity index is 717. The molecule has 108 valence electrons. The van der Waals surface area contributed by atoms with Crippen molar-refractivity contribution in [3.63, 3.8) is 0 Å². The Kier molecular flexibility index (Phi) is 4.97. The summed E-state index contributed by atoms with van der Waals surface area (Å²) in [4.78, 5) is 22.5. The van der Waals surface area contributed by atoms with Crippen LogP contribution >= 0.6 is 43.5 Å². The molecule has 0 heterocycles. The van der Waals surface area contributed by atoms with Crippen molar-refractivity contribution in [2.45, 2.75) is 0 Å². The van der Waals surface area contributed by atoms with Gasteiger partial charge >= 0.3 is 0 Å². The van der Waals surface area contributed by atoms with Crippen LogP contribution in [0, 0.1) is 10.1 Å². The number of halogens is 3. The van der Waals surface area contributed by atoms with Gasteiger partial charge in [-0.15, -0.1) is 0 Å². The van der Waals surface area contributed by atoms with E-state index in [1.54, 1.807) is 18.2 Å². The zero-order valence-corrected chi connectivity index (χ0v) is 14.2. The number of amides is 1. The molecular weight excluding hydrogens is 427 g/mol. The van der Waals surface area contributed by atoms with Crippen LogP contribution in [-0.4, -0.2) is 10.8 Å². The standard InChI is InChI=1S/C13H7Br2ClN2O3/c14-8-4-2-5-9(15)12(8)17-13(19)7-3-1-6-10(11(7)16)18(20)21/h1-6H,(H,17,19). The van der Waals surface area contributed by atoms with Gasteiger partial charge in [-0.3, -0.25) is 14.9 Å². The first-order valence-electron chi connectivity index (χ1n) is 5.60. The Morgan fingerprint density at radius 3 is 2.29 bits per heavy atom. The smallest absolute Gasteiger partial charge is 0.288 e. The van der Waals surface area contributed by atoms with Gasteiger partial charge in [-0.05, 0) is 50.1 Å². The molecular formula is C13H7Br2ClN2O3. The molecule has 1 N–H and O–H groups in total. The van der Waals surface area contributed by atoms with Gasteiger partial charge in [0.25, 0.3) is 11.6 Å². The minimum absolute atomic E-state index is 0.0357. The van der Waals surface area contributed by atoms with Crippen LogP contribution in [0.5, 0.6) is 0 Å². The molecule has 5 nitrogen and oxygen atoms in total. The van der Waals surface area contributed by atoms with Crippen molar-refractivity contribution in [3.8, 4) is 0 Å². The summed E-state index contributed by atoms with van der Waals surface area (Å²) in [5.41, 5.74) is 0.245. The lowest BCUT2D eigenvalue weighted by atomic mass is 10.2. The van der Waals surface area contributed by atoms with Crippen molar-refractivity contribution in [1.82, 2.24) is 0 Å². The number of para-hydroxylation sites is 1. The van der Waals surface area contributed by atoms with Gasteiger partial charge in [0.2, 0.25) is 0 Å². The molecule has 0 saturated carbocycles. The second-order valence-electron chi connectivity index (χ2n) is 3.95. The maximum Gasteiger partial charge on any atom is 0.288 e. The van der Waals surface area contributed by atoms with Gasteiger partial charge in [0.05, 0.1) is 16.2 Å². The van der Waals surface area contributed by atoms with E-state index in [1.165, 1.54) is 18.2 Å². The highest BCUT2D eigenvalue weighted by Crippen LogP contribution is 2.33. The van der Waals surface area contributed by atoms with Crippen LogP contribution in [0.4, 0.5) is 11.4 Å². The Balaban J connectivity index is 2.38. The molecule has 0 radical (unpaired) electrons. The normalized spacial score (nSPS) is 10.2. The first-order chi connectivity index (χ1) is 9.91. The van der Waals surface area contributed by atoms with Crippen LogP contribution in [0.2, 0.25) is 5.02 Å². The SMILES string of the molecule is O=C(Nc1c(Br)cccc1Br)c1cccc([N+](=O)[O-])c1Cl. The summed E-state index contributed by atoms with van der Waals surface area (Å²) in [6.07, 6.45) is 0. The van der Waals surface area contributed by atoms with Gasteiger partial charge in [0.15, 0.2) is 0 Å². The number of hydrogen-bond acceptors (Lipinski definition) is 3. The molecule has 0 saturated heterocycles. The summed E-state index contributed by atoms with van der Waals surface area (Å²) in [6.45, 7) is 0. The monoisotopic (exact) mass is 432 g/mol. The number of nitro groups is 1. The molecule has 0 aliphatic carbocycles. The molecule has 0 atom stereocenters. The second kappa shape index (κ2) is 6.55. The van der Waals surface area contributed by atoms with Crippen molar-refractivity contribution < 1.29 is 9.72 Å². The highest BCUT2D eigenvalue weighted by atomic mass is 79.9. The van der Waals surface area contributed by atoms with E-state index in [2.05, 4.69) is 37.2 Å². The molecule has 2 aromatic rings. The average molecular weight is 434 g/mol. The van der Waals surface area contributed by atoms with Crippen LogP contribution < -0.4 is 5.32 Å². The number of hydrogen-bond donors (Lipinski definition) is 1. The maximum absolute atomic E-state index is 12.3. The van der Waals surface area contributed by atoms with Crippen molar-refractivity contribution in [3.05, 3.63) is 66.0 Å². The molecule has 0 bridgehead atoms. The van der Waals surface area contributed by atoms with Crippen molar-refractivity contribution in [1.29, 1.82) is 0 Å². The fraction of sp³-hybridized carbons (Fsp3) is 0. The molecule has 0 aliphatic heterocycles. The lowest BCUT2D eigenvalue weighted by Gasteiger charge is -2.10. The molecule has 0 aromatic heterocycles. The topological polar surface area (TPSA) is 72.2 Å². The lowest BCUT2D eigenvalue weighted by Crippen LogP contribution is -2.13. The second-order valence-corrected chi connectivity index (χ2v) is 6.03. The average Bonchev–Trinajstić information content (AvgIpc) is 2.42. The number of nitro benzene ring substituents is 1. The lowest BCUT2D eigenvalue weighted by molar-refractivity contribution is -0.384. The number of anilines is 1. The summed E-state index contributed by atoms with van der Waals surface area (Å²) in [5, 5.41) is 13.3. The summed E-state index contributed by atoms with van der Waals surface area (Å²) in [5.74, 6) is -0.531. The fourth-order valence-electron chi connectivity index (χ4n) is 1.63. The predicted octanol–water partition coefficient (Wildman–Crippen LogP) is 5.03. The van der Waals surface area contributed by atoms with Crippen LogP contribution in [0.15, 0.2) is 45.3 Å². The van der Waals surface area contributed by atoms with Gasteiger partial charge in [0, 0.05) is 15.0 Å². The third kappa shape index (κ3) is 3.42. The van der Waals surface area contributed by atoms with Gasteiger partial charge < -0.3 is 5.32 Å². The van der Waals surface area contributed by atoms with E-state index in [9.17, 15) is 14.9 Å². The number of benzene rings is 2. The van der Waals surface area contributed by atoms with Gasteiger partial charge in [-0.25, -0.2) is 0 Å². The third-order valence-electron chi connectivity index (χ3n) is 2.62. The van der Waals surface area contributed by atoms with E-state index in [1.807, 2.05) is 0 Å². The number of carbonyl (C=O) groups is 1. The van der Waals surface area contributed by atoms with E-state index >= 15 is 0 Å². The first-order valence-corrected chi connectivity index (χ1v) is 7.56. The van der Waals surface area contributed by atoms with E-state index < -0.39 is 10.8 Å². The zero-order chi connectivity index (χ0) is 15.6. The van der Waals surface area contributed by atoms with Gasteiger partial charge in [0.1, 0.15) is 5.02 Å². The van der Waals surface area contributed by atoms with Crippen LogP contribution in [-0.2, 0) is 0 Å². The van der Waals surface area contributed by atoms with E-state index in [0.29, 0.717) is 14.6 Å². The Hall–Kier alpha value is -1.44. The quantitative estimate of drug-likeness (QED) is 0.544. The molecule has 0 unspecified atom stereocenters. The van der Waals surface area contributed by atoms with Crippen molar-refractivity contribution in [2.24, 2.45) is 0 Å². The summed E-state index contributed by atoms with van der Waals surface area (Å²) in [7, 11) is 0. The molecule has 0 aliphatic rings. The van der Waals surface area contributed by atoms with Crippen molar-refractivity contribution >= 4 is 60.7 Å². The highest BCUT2D eigenvalue weighted by Gasteiger charge is 2.20. The van der Waals surface area contributed by atoms with E-state index in [4.69, 9.17) is 11.6 Å². The van der Waals surface area contributed by atoms with E-state index in [0.717, 1.165) is 0 Å². The molecule has 2 aromatic carbocycles. The van der Waals surface area contributed by atoms with Crippen LogP contribution in [0.25, 0.3) is 0 Å².